The number of hydrogen-bond donors (Lipinski definition) is 1. The molecule has 10 heteroatoms. The van der Waals surface area contributed by atoms with Gasteiger partial charge in [-0.2, -0.15) is 0 Å². The van der Waals surface area contributed by atoms with Crippen LogP contribution in [0, 0.1) is 6.92 Å². The molecule has 0 unspecified atom stereocenters. The van der Waals surface area contributed by atoms with Crippen LogP contribution in [-0.4, -0.2) is 43.8 Å². The molecule has 0 aliphatic rings. The maximum atomic E-state index is 14.7. The van der Waals surface area contributed by atoms with E-state index in [-0.39, 0.29) is 35.7 Å². The Morgan fingerprint density at radius 1 is 0.812 bits per heavy atom. The van der Waals surface area contributed by atoms with Crippen LogP contribution >= 0.6 is 23.2 Å². The van der Waals surface area contributed by atoms with Gasteiger partial charge in [0, 0.05) is 34.6 Å². The fourth-order valence-corrected chi connectivity index (χ4v) is 7.17. The SMILES string of the molecule is CC[C@H](C)NC(=O)[C@H](Cc1ccccc1)N(Cc1c(Cl)cccc1Cl)C(=O)CN(c1ccc(C(C)C)cc1)S(=O)(=O)c1ccc(C)cc1. The van der Waals surface area contributed by atoms with Crippen molar-refractivity contribution in [3.63, 3.8) is 0 Å². The molecule has 0 bridgehead atoms. The predicted molar refractivity (Wildman–Crippen MR) is 195 cm³/mol. The number of sulfonamides is 1. The lowest BCUT2D eigenvalue weighted by Gasteiger charge is -2.34. The lowest BCUT2D eigenvalue weighted by Crippen LogP contribution is -2.54. The number of anilines is 1. The summed E-state index contributed by atoms with van der Waals surface area (Å²) in [6, 6.07) is 26.9. The number of amides is 2. The van der Waals surface area contributed by atoms with E-state index >= 15 is 0 Å². The highest BCUT2D eigenvalue weighted by atomic mass is 35.5. The van der Waals surface area contributed by atoms with Crippen LogP contribution < -0.4 is 9.62 Å². The molecule has 0 fully saturated rings. The first-order valence-corrected chi connectivity index (χ1v) is 18.3. The van der Waals surface area contributed by atoms with Crippen LogP contribution in [0.5, 0.6) is 0 Å². The van der Waals surface area contributed by atoms with Gasteiger partial charge in [0.25, 0.3) is 10.0 Å². The summed E-state index contributed by atoms with van der Waals surface area (Å²) in [5.74, 6) is -0.727. The van der Waals surface area contributed by atoms with Crippen LogP contribution in [0.2, 0.25) is 10.0 Å². The van der Waals surface area contributed by atoms with Crippen molar-refractivity contribution in [2.24, 2.45) is 0 Å². The van der Waals surface area contributed by atoms with E-state index in [4.69, 9.17) is 23.2 Å². The van der Waals surface area contributed by atoms with Crippen molar-refractivity contribution in [2.75, 3.05) is 10.8 Å². The molecule has 48 heavy (non-hydrogen) atoms. The van der Waals surface area contributed by atoms with Crippen LogP contribution in [0.3, 0.4) is 0 Å². The zero-order chi connectivity index (χ0) is 35.0. The van der Waals surface area contributed by atoms with Gasteiger partial charge >= 0.3 is 0 Å². The number of hydrogen-bond acceptors (Lipinski definition) is 4. The number of nitrogens with zero attached hydrogens (tertiary/aromatic N) is 2. The van der Waals surface area contributed by atoms with E-state index in [9.17, 15) is 18.0 Å². The van der Waals surface area contributed by atoms with Crippen molar-refractivity contribution < 1.29 is 18.0 Å². The second-order valence-corrected chi connectivity index (χ2v) is 15.0. The maximum absolute atomic E-state index is 14.7. The van der Waals surface area contributed by atoms with Crippen LogP contribution in [0.25, 0.3) is 0 Å². The first-order chi connectivity index (χ1) is 22.8. The van der Waals surface area contributed by atoms with Crippen molar-refractivity contribution in [2.45, 2.75) is 76.9 Å². The van der Waals surface area contributed by atoms with Crippen LogP contribution in [0.4, 0.5) is 5.69 Å². The third-order valence-electron chi connectivity index (χ3n) is 8.40. The normalized spacial score (nSPS) is 12.8. The molecule has 0 spiro atoms. The summed E-state index contributed by atoms with van der Waals surface area (Å²) in [7, 11) is -4.22. The molecule has 4 aromatic carbocycles. The molecule has 0 aliphatic carbocycles. The van der Waals surface area contributed by atoms with E-state index in [0.717, 1.165) is 21.0 Å². The topological polar surface area (TPSA) is 86.8 Å². The molecule has 0 saturated carbocycles. The maximum Gasteiger partial charge on any atom is 0.264 e. The number of rotatable bonds is 14. The molecule has 4 rings (SSSR count). The molecule has 0 aromatic heterocycles. The zero-order valence-corrected chi connectivity index (χ0v) is 30.3. The number of nitrogens with one attached hydrogen (secondary N) is 1. The third kappa shape index (κ3) is 9.19. The minimum Gasteiger partial charge on any atom is -0.352 e. The summed E-state index contributed by atoms with van der Waals surface area (Å²) >= 11 is 13.2. The van der Waals surface area contributed by atoms with Gasteiger partial charge in [-0.3, -0.25) is 13.9 Å². The average Bonchev–Trinajstić information content (AvgIpc) is 3.06. The van der Waals surface area contributed by atoms with E-state index in [0.29, 0.717) is 27.7 Å². The van der Waals surface area contributed by atoms with Crippen LogP contribution in [0.15, 0.2) is 102 Å². The summed E-state index contributed by atoms with van der Waals surface area (Å²) in [5, 5.41) is 3.69. The van der Waals surface area contributed by atoms with Gasteiger partial charge < -0.3 is 10.2 Å². The fourth-order valence-electron chi connectivity index (χ4n) is 5.24. The average molecular weight is 709 g/mol. The highest BCUT2D eigenvalue weighted by Crippen LogP contribution is 2.30. The first-order valence-electron chi connectivity index (χ1n) is 16.1. The Kier molecular flexibility index (Phi) is 12.7. The summed E-state index contributed by atoms with van der Waals surface area (Å²) in [6.07, 6.45) is 0.869. The van der Waals surface area contributed by atoms with Gasteiger partial charge in [-0.1, -0.05) is 110 Å². The van der Waals surface area contributed by atoms with Crippen LogP contribution in [0.1, 0.15) is 62.3 Å². The summed E-state index contributed by atoms with van der Waals surface area (Å²) < 4.78 is 29.7. The molecule has 254 valence electrons. The molecule has 4 aromatic rings. The molecular formula is C38H43Cl2N3O4S. The molecule has 0 aliphatic heterocycles. The fraction of sp³-hybridized carbons (Fsp3) is 0.316. The summed E-state index contributed by atoms with van der Waals surface area (Å²) in [6.45, 7) is 9.14. The van der Waals surface area contributed by atoms with Crippen molar-refractivity contribution in [1.82, 2.24) is 10.2 Å². The Balaban J connectivity index is 1.85. The van der Waals surface area contributed by atoms with Crippen molar-refractivity contribution in [3.05, 3.63) is 129 Å². The Hall–Kier alpha value is -3.85. The molecule has 1 N–H and O–H groups in total. The largest absolute Gasteiger partial charge is 0.352 e. The molecule has 0 saturated heterocycles. The Bertz CT molecular complexity index is 1780. The Morgan fingerprint density at radius 2 is 1.42 bits per heavy atom. The second kappa shape index (κ2) is 16.5. The van der Waals surface area contributed by atoms with E-state index in [1.165, 1.54) is 17.0 Å². The van der Waals surface area contributed by atoms with Gasteiger partial charge in [0.05, 0.1) is 10.6 Å². The standard InChI is InChI=1S/C38H43Cl2N3O4S/c1-6-28(5)41-38(45)36(23-29-11-8-7-9-12-29)42(24-33-34(39)13-10-14-35(33)40)37(44)25-43(31-19-17-30(18-20-31)26(2)3)48(46,47)32-21-15-27(4)16-22-32/h7-22,26,28,36H,6,23-25H2,1-5H3,(H,41,45)/t28-,36-/m0/s1. The van der Waals surface area contributed by atoms with E-state index in [2.05, 4.69) is 5.32 Å². The van der Waals surface area contributed by atoms with Gasteiger partial charge in [-0.25, -0.2) is 8.42 Å². The highest BCUT2D eigenvalue weighted by Gasteiger charge is 2.35. The third-order valence-corrected chi connectivity index (χ3v) is 10.9. The zero-order valence-electron chi connectivity index (χ0n) is 28.0. The van der Waals surface area contributed by atoms with Gasteiger partial charge in [0.2, 0.25) is 11.8 Å². The molecule has 2 amide bonds. The Morgan fingerprint density at radius 3 is 1.98 bits per heavy atom. The van der Waals surface area contributed by atoms with E-state index in [1.54, 1.807) is 42.5 Å². The smallest absolute Gasteiger partial charge is 0.264 e. The second-order valence-electron chi connectivity index (χ2n) is 12.3. The summed E-state index contributed by atoms with van der Waals surface area (Å²) in [5.41, 5.74) is 3.54. The van der Waals surface area contributed by atoms with Crippen molar-refractivity contribution in [3.8, 4) is 0 Å². The number of carbonyl (C=O) groups is 2. The lowest BCUT2D eigenvalue weighted by molar-refractivity contribution is -0.140. The molecule has 0 heterocycles. The molecular weight excluding hydrogens is 665 g/mol. The number of carbonyl (C=O) groups excluding carboxylic acids is 2. The Labute approximate surface area is 294 Å². The van der Waals surface area contributed by atoms with Crippen LogP contribution in [-0.2, 0) is 32.6 Å². The van der Waals surface area contributed by atoms with E-state index < -0.39 is 28.5 Å². The summed E-state index contributed by atoms with van der Waals surface area (Å²) in [4.78, 5) is 30.2. The monoisotopic (exact) mass is 707 g/mol. The number of benzene rings is 4. The minimum atomic E-state index is -4.22. The lowest BCUT2D eigenvalue weighted by atomic mass is 10.0. The number of halogens is 2. The van der Waals surface area contributed by atoms with Crippen molar-refractivity contribution >= 4 is 50.7 Å². The van der Waals surface area contributed by atoms with Crippen molar-refractivity contribution in [1.29, 1.82) is 0 Å². The number of aryl methyl sites for hydroxylation is 1. The first kappa shape index (κ1) is 37.0. The van der Waals surface area contributed by atoms with Gasteiger partial charge in [-0.15, -0.1) is 0 Å². The highest BCUT2D eigenvalue weighted by molar-refractivity contribution is 7.92. The molecule has 7 nitrogen and oxygen atoms in total. The van der Waals surface area contributed by atoms with Gasteiger partial charge in [-0.05, 0) is 73.7 Å². The van der Waals surface area contributed by atoms with Gasteiger partial charge in [0.15, 0.2) is 0 Å². The molecule has 0 radical (unpaired) electrons. The van der Waals surface area contributed by atoms with Gasteiger partial charge in [0.1, 0.15) is 12.6 Å². The molecule has 2 atom stereocenters. The minimum absolute atomic E-state index is 0.0462. The quantitative estimate of drug-likeness (QED) is 0.143. The van der Waals surface area contributed by atoms with E-state index in [1.807, 2.05) is 77.1 Å². The predicted octanol–water partition coefficient (Wildman–Crippen LogP) is 8.18.